The van der Waals surface area contributed by atoms with E-state index >= 15 is 0 Å². The number of hydrogen-bond donors (Lipinski definition) is 1. The Morgan fingerprint density at radius 1 is 1.39 bits per heavy atom. The molecule has 1 fully saturated rings. The average molecular weight is 249 g/mol. The Balaban J connectivity index is 1.83. The smallest absolute Gasteiger partial charge is 0.0739 e. The Hall–Kier alpha value is -0.900. The first-order valence-corrected chi connectivity index (χ1v) is 6.68. The Morgan fingerprint density at radius 2 is 2.11 bits per heavy atom. The average Bonchev–Trinajstić information content (AvgIpc) is 2.89. The van der Waals surface area contributed by atoms with Crippen molar-refractivity contribution in [2.75, 3.05) is 19.8 Å². The van der Waals surface area contributed by atoms with E-state index in [0.717, 1.165) is 31.8 Å². The van der Waals surface area contributed by atoms with Gasteiger partial charge in [0.25, 0.3) is 0 Å². The van der Waals surface area contributed by atoms with Gasteiger partial charge in [0.1, 0.15) is 0 Å². The lowest BCUT2D eigenvalue weighted by molar-refractivity contribution is 0.0221. The molecule has 0 aromatic heterocycles. The van der Waals surface area contributed by atoms with Gasteiger partial charge in [0.05, 0.1) is 25.4 Å². The molecule has 1 aliphatic rings. The molecule has 3 unspecified atom stereocenters. The van der Waals surface area contributed by atoms with Crippen molar-refractivity contribution in [2.24, 2.45) is 11.7 Å². The van der Waals surface area contributed by atoms with E-state index in [1.807, 2.05) is 6.92 Å². The Morgan fingerprint density at radius 3 is 2.72 bits per heavy atom. The van der Waals surface area contributed by atoms with Gasteiger partial charge in [-0.25, -0.2) is 0 Å². The van der Waals surface area contributed by atoms with Gasteiger partial charge in [-0.2, -0.15) is 0 Å². The third-order valence-corrected chi connectivity index (χ3v) is 3.59. The van der Waals surface area contributed by atoms with Gasteiger partial charge in [0.2, 0.25) is 0 Å². The van der Waals surface area contributed by atoms with Gasteiger partial charge in [-0.1, -0.05) is 29.8 Å². The molecule has 0 amide bonds. The van der Waals surface area contributed by atoms with Crippen molar-refractivity contribution in [3.63, 3.8) is 0 Å². The highest BCUT2D eigenvalue weighted by atomic mass is 16.5. The zero-order valence-corrected chi connectivity index (χ0v) is 11.3. The summed E-state index contributed by atoms with van der Waals surface area (Å²) >= 11 is 0. The fourth-order valence-electron chi connectivity index (χ4n) is 2.17. The van der Waals surface area contributed by atoms with Gasteiger partial charge in [-0.3, -0.25) is 0 Å². The SMILES string of the molecule is Cc1ccc(C(N)C(C)OCC2CCOC2)cc1. The minimum absolute atomic E-state index is 0.0355. The van der Waals surface area contributed by atoms with E-state index in [0.29, 0.717) is 5.92 Å². The van der Waals surface area contributed by atoms with Crippen molar-refractivity contribution in [1.82, 2.24) is 0 Å². The zero-order chi connectivity index (χ0) is 13.0. The van der Waals surface area contributed by atoms with Gasteiger partial charge in [-0.15, -0.1) is 0 Å². The van der Waals surface area contributed by atoms with Crippen LogP contribution in [0.15, 0.2) is 24.3 Å². The summed E-state index contributed by atoms with van der Waals surface area (Å²) in [5.41, 5.74) is 8.60. The minimum atomic E-state index is -0.0621. The summed E-state index contributed by atoms with van der Waals surface area (Å²) in [6, 6.07) is 8.28. The predicted molar refractivity (Wildman–Crippen MR) is 72.4 cm³/mol. The molecule has 3 atom stereocenters. The number of nitrogens with two attached hydrogens (primary N) is 1. The molecule has 1 saturated heterocycles. The monoisotopic (exact) mass is 249 g/mol. The Kier molecular flexibility index (Phi) is 4.75. The molecule has 0 bridgehead atoms. The van der Waals surface area contributed by atoms with Gasteiger partial charge < -0.3 is 15.2 Å². The van der Waals surface area contributed by atoms with E-state index in [9.17, 15) is 0 Å². The largest absolute Gasteiger partial charge is 0.381 e. The maximum absolute atomic E-state index is 6.22. The van der Waals surface area contributed by atoms with E-state index in [1.165, 1.54) is 5.56 Å². The number of aryl methyl sites for hydroxylation is 1. The Bertz CT molecular complexity index is 357. The lowest BCUT2D eigenvalue weighted by Crippen LogP contribution is -2.28. The molecule has 0 spiro atoms. The molecular weight excluding hydrogens is 226 g/mol. The fraction of sp³-hybridized carbons (Fsp3) is 0.600. The maximum Gasteiger partial charge on any atom is 0.0739 e. The topological polar surface area (TPSA) is 44.5 Å². The molecule has 2 rings (SSSR count). The van der Waals surface area contributed by atoms with Crippen molar-refractivity contribution >= 4 is 0 Å². The molecule has 3 nitrogen and oxygen atoms in total. The molecule has 1 aromatic rings. The van der Waals surface area contributed by atoms with Crippen LogP contribution in [0.25, 0.3) is 0 Å². The molecule has 18 heavy (non-hydrogen) atoms. The van der Waals surface area contributed by atoms with E-state index in [4.69, 9.17) is 15.2 Å². The first-order chi connectivity index (χ1) is 8.66. The van der Waals surface area contributed by atoms with E-state index in [-0.39, 0.29) is 12.1 Å². The summed E-state index contributed by atoms with van der Waals surface area (Å²) in [6.07, 6.45) is 1.14. The summed E-state index contributed by atoms with van der Waals surface area (Å²) in [6.45, 7) is 6.56. The van der Waals surface area contributed by atoms with Gasteiger partial charge >= 0.3 is 0 Å². The summed E-state index contributed by atoms with van der Waals surface area (Å²) < 4.78 is 11.2. The first kappa shape index (κ1) is 13.5. The van der Waals surface area contributed by atoms with Crippen molar-refractivity contribution in [3.05, 3.63) is 35.4 Å². The quantitative estimate of drug-likeness (QED) is 0.871. The van der Waals surface area contributed by atoms with Crippen LogP contribution in [0.3, 0.4) is 0 Å². The summed E-state index contributed by atoms with van der Waals surface area (Å²) in [4.78, 5) is 0. The molecule has 1 aromatic carbocycles. The minimum Gasteiger partial charge on any atom is -0.381 e. The van der Waals surface area contributed by atoms with Gasteiger partial charge in [0, 0.05) is 12.5 Å². The molecule has 2 N–H and O–H groups in total. The first-order valence-electron chi connectivity index (χ1n) is 6.68. The number of rotatable bonds is 5. The predicted octanol–water partition coefficient (Wildman–Crippen LogP) is 2.44. The molecule has 1 aliphatic heterocycles. The third kappa shape index (κ3) is 3.55. The van der Waals surface area contributed by atoms with Crippen molar-refractivity contribution in [2.45, 2.75) is 32.4 Å². The number of ether oxygens (including phenoxy) is 2. The van der Waals surface area contributed by atoms with Gasteiger partial charge in [0.15, 0.2) is 0 Å². The molecular formula is C15H23NO2. The van der Waals surface area contributed by atoms with Crippen molar-refractivity contribution in [1.29, 1.82) is 0 Å². The second-order valence-corrected chi connectivity index (χ2v) is 5.20. The molecule has 0 saturated carbocycles. The molecule has 3 heteroatoms. The standard InChI is InChI=1S/C15H23NO2/c1-11-3-5-14(6-4-11)15(16)12(2)18-10-13-7-8-17-9-13/h3-6,12-13,15H,7-10,16H2,1-2H3. The Labute approximate surface area is 109 Å². The summed E-state index contributed by atoms with van der Waals surface area (Å²) in [5.74, 6) is 0.540. The van der Waals surface area contributed by atoms with Crippen LogP contribution in [0.5, 0.6) is 0 Å². The molecule has 1 heterocycles. The second kappa shape index (κ2) is 6.32. The van der Waals surface area contributed by atoms with E-state index in [2.05, 4.69) is 31.2 Å². The van der Waals surface area contributed by atoms with Gasteiger partial charge in [-0.05, 0) is 25.8 Å². The van der Waals surface area contributed by atoms with Crippen LogP contribution in [0.1, 0.15) is 30.5 Å². The van der Waals surface area contributed by atoms with E-state index in [1.54, 1.807) is 0 Å². The number of hydrogen-bond acceptors (Lipinski definition) is 3. The van der Waals surface area contributed by atoms with Crippen LogP contribution in [0.4, 0.5) is 0 Å². The van der Waals surface area contributed by atoms with Crippen LogP contribution in [0, 0.1) is 12.8 Å². The highest BCUT2D eigenvalue weighted by Crippen LogP contribution is 2.19. The van der Waals surface area contributed by atoms with E-state index < -0.39 is 0 Å². The zero-order valence-electron chi connectivity index (χ0n) is 11.3. The second-order valence-electron chi connectivity index (χ2n) is 5.20. The molecule has 100 valence electrons. The van der Waals surface area contributed by atoms with Crippen LogP contribution >= 0.6 is 0 Å². The van der Waals surface area contributed by atoms with Crippen LogP contribution < -0.4 is 5.73 Å². The molecule has 0 radical (unpaired) electrons. The maximum atomic E-state index is 6.22. The third-order valence-electron chi connectivity index (χ3n) is 3.59. The van der Waals surface area contributed by atoms with Crippen LogP contribution in [-0.2, 0) is 9.47 Å². The van der Waals surface area contributed by atoms with Crippen molar-refractivity contribution < 1.29 is 9.47 Å². The highest BCUT2D eigenvalue weighted by molar-refractivity contribution is 5.24. The summed E-state index contributed by atoms with van der Waals surface area (Å²) in [7, 11) is 0. The lowest BCUT2D eigenvalue weighted by atomic mass is 10.0. The lowest BCUT2D eigenvalue weighted by Gasteiger charge is -2.22. The normalized spacial score (nSPS) is 22.9. The highest BCUT2D eigenvalue weighted by Gasteiger charge is 2.20. The number of benzene rings is 1. The molecule has 0 aliphatic carbocycles. The van der Waals surface area contributed by atoms with Crippen LogP contribution in [0.2, 0.25) is 0 Å². The fourth-order valence-corrected chi connectivity index (χ4v) is 2.17. The van der Waals surface area contributed by atoms with Crippen LogP contribution in [-0.4, -0.2) is 25.9 Å². The van der Waals surface area contributed by atoms with Crippen molar-refractivity contribution in [3.8, 4) is 0 Å². The summed E-state index contributed by atoms with van der Waals surface area (Å²) in [5, 5.41) is 0.